The molecule has 1 unspecified atom stereocenters. The molecule has 5 nitrogen and oxygen atoms in total. The fourth-order valence-electron chi connectivity index (χ4n) is 2.25. The quantitative estimate of drug-likeness (QED) is 0.902. The standard InChI is InChI=1S/C13H17N3O2/c1-4-11(8(2)3)16-12-6-5-9(13(17)18)7-10(12)14-15-16/h5-8,11H,4H2,1-3H3,(H,17,18). The molecule has 0 aliphatic heterocycles. The van der Waals surface area contributed by atoms with Gasteiger partial charge in [0, 0.05) is 0 Å². The zero-order chi connectivity index (χ0) is 13.3. The van der Waals surface area contributed by atoms with E-state index in [1.165, 1.54) is 0 Å². The number of carboxylic acids is 1. The van der Waals surface area contributed by atoms with Crippen LogP contribution < -0.4 is 0 Å². The van der Waals surface area contributed by atoms with Gasteiger partial charge in [-0.2, -0.15) is 0 Å². The first-order chi connectivity index (χ1) is 8.54. The minimum absolute atomic E-state index is 0.243. The van der Waals surface area contributed by atoms with E-state index in [1.807, 2.05) is 4.68 Å². The molecule has 96 valence electrons. The van der Waals surface area contributed by atoms with Gasteiger partial charge >= 0.3 is 5.97 Å². The van der Waals surface area contributed by atoms with E-state index in [2.05, 4.69) is 31.1 Å². The minimum Gasteiger partial charge on any atom is -0.478 e. The third-order valence-corrected chi connectivity index (χ3v) is 3.22. The molecule has 0 spiro atoms. The lowest BCUT2D eigenvalue weighted by Gasteiger charge is -2.19. The molecule has 2 aromatic rings. The van der Waals surface area contributed by atoms with Gasteiger partial charge in [0.15, 0.2) is 0 Å². The maximum atomic E-state index is 10.9. The number of aromatic carboxylic acids is 1. The largest absolute Gasteiger partial charge is 0.478 e. The number of carboxylic acid groups (broad SMARTS) is 1. The van der Waals surface area contributed by atoms with Crippen LogP contribution in [0.5, 0.6) is 0 Å². The van der Waals surface area contributed by atoms with Crippen molar-refractivity contribution in [3.05, 3.63) is 23.8 Å². The first kappa shape index (κ1) is 12.5. The highest BCUT2D eigenvalue weighted by atomic mass is 16.4. The molecule has 18 heavy (non-hydrogen) atoms. The van der Waals surface area contributed by atoms with E-state index in [9.17, 15) is 4.79 Å². The number of fused-ring (bicyclic) bond motifs is 1. The summed E-state index contributed by atoms with van der Waals surface area (Å²) in [5.41, 5.74) is 1.77. The number of hydrogen-bond acceptors (Lipinski definition) is 3. The fourth-order valence-corrected chi connectivity index (χ4v) is 2.25. The van der Waals surface area contributed by atoms with E-state index in [1.54, 1.807) is 18.2 Å². The molecule has 0 radical (unpaired) electrons. The third kappa shape index (κ3) is 2.08. The molecule has 0 saturated heterocycles. The van der Waals surface area contributed by atoms with Gasteiger partial charge in [0.25, 0.3) is 0 Å². The molecule has 5 heteroatoms. The van der Waals surface area contributed by atoms with Crippen LogP contribution in [-0.2, 0) is 0 Å². The van der Waals surface area contributed by atoms with E-state index < -0.39 is 5.97 Å². The van der Waals surface area contributed by atoms with Gasteiger partial charge in [0.1, 0.15) is 5.52 Å². The summed E-state index contributed by atoms with van der Waals surface area (Å²) in [5, 5.41) is 17.2. The summed E-state index contributed by atoms with van der Waals surface area (Å²) in [7, 11) is 0. The minimum atomic E-state index is -0.942. The Morgan fingerprint density at radius 3 is 2.72 bits per heavy atom. The number of benzene rings is 1. The lowest BCUT2D eigenvalue weighted by Crippen LogP contribution is -2.15. The van der Waals surface area contributed by atoms with E-state index in [4.69, 9.17) is 5.11 Å². The summed E-state index contributed by atoms with van der Waals surface area (Å²) in [6.07, 6.45) is 0.969. The molecule has 1 N–H and O–H groups in total. The van der Waals surface area contributed by atoms with Crippen molar-refractivity contribution >= 4 is 17.0 Å². The third-order valence-electron chi connectivity index (χ3n) is 3.22. The van der Waals surface area contributed by atoms with Crippen molar-refractivity contribution in [3.63, 3.8) is 0 Å². The fraction of sp³-hybridized carbons (Fsp3) is 0.462. The van der Waals surface area contributed by atoms with Crippen molar-refractivity contribution in [3.8, 4) is 0 Å². The molecule has 0 fully saturated rings. The Kier molecular flexibility index (Phi) is 3.32. The molecule has 0 amide bonds. The van der Waals surface area contributed by atoms with Gasteiger partial charge in [-0.25, -0.2) is 9.48 Å². The van der Waals surface area contributed by atoms with Crippen LogP contribution in [0.3, 0.4) is 0 Å². The van der Waals surface area contributed by atoms with E-state index >= 15 is 0 Å². The summed E-state index contributed by atoms with van der Waals surface area (Å²) in [4.78, 5) is 10.9. The van der Waals surface area contributed by atoms with Gasteiger partial charge < -0.3 is 5.11 Å². The predicted octanol–water partition coefficient (Wildman–Crippen LogP) is 2.74. The smallest absolute Gasteiger partial charge is 0.335 e. The molecule has 0 aliphatic rings. The van der Waals surface area contributed by atoms with Gasteiger partial charge in [-0.3, -0.25) is 0 Å². The second kappa shape index (κ2) is 4.76. The zero-order valence-electron chi connectivity index (χ0n) is 10.8. The zero-order valence-corrected chi connectivity index (χ0v) is 10.8. The first-order valence-corrected chi connectivity index (χ1v) is 6.12. The number of nitrogens with zero attached hydrogens (tertiary/aromatic N) is 3. The second-order valence-electron chi connectivity index (χ2n) is 4.76. The van der Waals surface area contributed by atoms with E-state index in [-0.39, 0.29) is 11.6 Å². The van der Waals surface area contributed by atoms with Crippen molar-refractivity contribution in [2.75, 3.05) is 0 Å². The van der Waals surface area contributed by atoms with E-state index in [0.717, 1.165) is 11.9 Å². The number of hydrogen-bond donors (Lipinski definition) is 1. The molecule has 0 aliphatic carbocycles. The monoisotopic (exact) mass is 247 g/mol. The average Bonchev–Trinajstić information content (AvgIpc) is 2.73. The Hall–Kier alpha value is -1.91. The second-order valence-corrected chi connectivity index (χ2v) is 4.76. The molecular weight excluding hydrogens is 230 g/mol. The lowest BCUT2D eigenvalue weighted by atomic mass is 10.0. The lowest BCUT2D eigenvalue weighted by molar-refractivity contribution is 0.0697. The van der Waals surface area contributed by atoms with Crippen molar-refractivity contribution < 1.29 is 9.90 Å². The number of carbonyl (C=O) groups is 1. The highest BCUT2D eigenvalue weighted by Gasteiger charge is 2.18. The van der Waals surface area contributed by atoms with Crippen LogP contribution in [0.1, 0.15) is 43.6 Å². The normalized spacial score (nSPS) is 13.1. The maximum absolute atomic E-state index is 10.9. The predicted molar refractivity (Wildman–Crippen MR) is 68.7 cm³/mol. The van der Waals surface area contributed by atoms with E-state index in [0.29, 0.717) is 11.4 Å². The van der Waals surface area contributed by atoms with Crippen LogP contribution in [0.4, 0.5) is 0 Å². The van der Waals surface area contributed by atoms with Crippen molar-refractivity contribution in [2.45, 2.75) is 33.2 Å². The van der Waals surface area contributed by atoms with Crippen LogP contribution in [0, 0.1) is 5.92 Å². The van der Waals surface area contributed by atoms with Crippen molar-refractivity contribution in [2.24, 2.45) is 5.92 Å². The molecule has 0 bridgehead atoms. The first-order valence-electron chi connectivity index (χ1n) is 6.12. The highest BCUT2D eigenvalue weighted by Crippen LogP contribution is 2.25. The summed E-state index contributed by atoms with van der Waals surface area (Å²) in [5.74, 6) is -0.485. The molecule has 1 heterocycles. The van der Waals surface area contributed by atoms with Crippen LogP contribution in [0.2, 0.25) is 0 Å². The van der Waals surface area contributed by atoms with Crippen molar-refractivity contribution in [1.29, 1.82) is 0 Å². The Bertz CT molecular complexity index is 575. The van der Waals surface area contributed by atoms with Gasteiger partial charge in [0.2, 0.25) is 0 Å². The average molecular weight is 247 g/mol. The summed E-state index contributed by atoms with van der Waals surface area (Å²) < 4.78 is 1.89. The van der Waals surface area contributed by atoms with Gasteiger partial charge in [-0.1, -0.05) is 26.0 Å². The van der Waals surface area contributed by atoms with Crippen LogP contribution >= 0.6 is 0 Å². The highest BCUT2D eigenvalue weighted by molar-refractivity contribution is 5.92. The maximum Gasteiger partial charge on any atom is 0.335 e. The Morgan fingerprint density at radius 1 is 1.44 bits per heavy atom. The van der Waals surface area contributed by atoms with Crippen LogP contribution in [-0.4, -0.2) is 26.1 Å². The molecular formula is C13H17N3O2. The molecule has 0 saturated carbocycles. The van der Waals surface area contributed by atoms with Crippen LogP contribution in [0.15, 0.2) is 18.2 Å². The summed E-state index contributed by atoms with van der Waals surface area (Å²) in [6, 6.07) is 5.22. The summed E-state index contributed by atoms with van der Waals surface area (Å²) in [6.45, 7) is 6.41. The Morgan fingerprint density at radius 2 is 2.17 bits per heavy atom. The summed E-state index contributed by atoms with van der Waals surface area (Å²) >= 11 is 0. The van der Waals surface area contributed by atoms with Gasteiger partial charge in [-0.05, 0) is 30.5 Å². The van der Waals surface area contributed by atoms with Crippen LogP contribution in [0.25, 0.3) is 11.0 Å². The molecule has 1 atom stereocenters. The topological polar surface area (TPSA) is 68.0 Å². The SMILES string of the molecule is CCC(C(C)C)n1nnc2cc(C(=O)O)ccc21. The van der Waals surface area contributed by atoms with Gasteiger partial charge in [-0.15, -0.1) is 5.10 Å². The molecule has 2 rings (SSSR count). The Labute approximate surface area is 105 Å². The van der Waals surface area contributed by atoms with Crippen molar-refractivity contribution in [1.82, 2.24) is 15.0 Å². The number of rotatable bonds is 4. The molecule has 1 aromatic carbocycles. The number of aromatic nitrogens is 3. The van der Waals surface area contributed by atoms with Gasteiger partial charge in [0.05, 0.1) is 17.1 Å². The molecule has 1 aromatic heterocycles. The Balaban J connectivity index is 2.52.